The number of nitrogens with zero attached hydrogens (tertiary/aromatic N) is 5. The molecule has 1 aliphatic carbocycles. The van der Waals surface area contributed by atoms with E-state index in [0.29, 0.717) is 28.4 Å². The summed E-state index contributed by atoms with van der Waals surface area (Å²) in [5.74, 6) is -0.967. The summed E-state index contributed by atoms with van der Waals surface area (Å²) in [6.07, 6.45) is 7.31. The first kappa shape index (κ1) is 23.7. The fourth-order valence-corrected chi connectivity index (χ4v) is 5.80. The van der Waals surface area contributed by atoms with Crippen LogP contribution in [0.15, 0.2) is 24.5 Å². The van der Waals surface area contributed by atoms with Crippen LogP contribution in [-0.2, 0) is 4.79 Å². The molecule has 0 amide bonds. The predicted molar refractivity (Wildman–Crippen MR) is 125 cm³/mol. The molecule has 1 unspecified atom stereocenters. The number of piperazine rings is 1. The van der Waals surface area contributed by atoms with Crippen LogP contribution in [0.25, 0.3) is 11.3 Å². The highest BCUT2D eigenvalue weighted by atomic mass is 19.1. The van der Waals surface area contributed by atoms with Gasteiger partial charge in [-0.05, 0) is 57.2 Å². The lowest BCUT2D eigenvalue weighted by Gasteiger charge is -2.47. The minimum atomic E-state index is -0.568. The van der Waals surface area contributed by atoms with E-state index in [-0.39, 0.29) is 0 Å². The summed E-state index contributed by atoms with van der Waals surface area (Å²) in [6, 6.07) is 3.87. The molecule has 3 aliphatic rings. The second-order valence-corrected chi connectivity index (χ2v) is 9.70. The molecule has 0 bridgehead atoms. The molecule has 2 saturated heterocycles. The maximum absolute atomic E-state index is 14.4. The normalized spacial score (nSPS) is 22.6. The van der Waals surface area contributed by atoms with Crippen molar-refractivity contribution in [1.82, 2.24) is 19.8 Å². The van der Waals surface area contributed by atoms with E-state index in [1.807, 2.05) is 6.92 Å². The average molecular weight is 458 g/mol. The number of pyridine rings is 2. The quantitative estimate of drug-likeness (QED) is 0.519. The van der Waals surface area contributed by atoms with E-state index in [0.717, 1.165) is 44.2 Å². The van der Waals surface area contributed by atoms with E-state index in [1.165, 1.54) is 51.5 Å². The lowest BCUT2D eigenvalue weighted by atomic mass is 9.78. The van der Waals surface area contributed by atoms with Gasteiger partial charge in [-0.3, -0.25) is 9.88 Å². The third-order valence-electron chi connectivity index (χ3n) is 7.12. The number of likely N-dealkylation sites (tertiary alicyclic amines) is 1. The van der Waals surface area contributed by atoms with Crippen molar-refractivity contribution in [2.75, 3.05) is 51.2 Å². The number of rotatable bonds is 3. The minimum absolute atomic E-state index is 0.333. The van der Waals surface area contributed by atoms with E-state index < -0.39 is 11.8 Å². The van der Waals surface area contributed by atoms with Gasteiger partial charge < -0.3 is 14.6 Å². The monoisotopic (exact) mass is 457 g/mol. The van der Waals surface area contributed by atoms with E-state index >= 15 is 0 Å². The highest BCUT2D eigenvalue weighted by Crippen LogP contribution is 2.46. The number of hydrogen-bond donors (Lipinski definition) is 0. The molecule has 3 fully saturated rings. The van der Waals surface area contributed by atoms with Crippen molar-refractivity contribution in [3.8, 4) is 11.3 Å². The summed E-state index contributed by atoms with van der Waals surface area (Å²) in [4.78, 5) is 24.0. The van der Waals surface area contributed by atoms with E-state index in [1.54, 1.807) is 6.07 Å². The van der Waals surface area contributed by atoms with Gasteiger partial charge in [0, 0.05) is 57.6 Å². The SMILES string of the molecule is CC=O.Cc1cnc(F)c(-c2ncc(F)cc2N2CCN(C3CCC4(C3)CN(C)C4)CC2)c1. The molecule has 1 saturated carbocycles. The number of aromatic nitrogens is 2. The van der Waals surface area contributed by atoms with Crippen molar-refractivity contribution in [2.24, 2.45) is 5.41 Å². The Morgan fingerprint density at radius 3 is 2.45 bits per heavy atom. The molecule has 0 aromatic carbocycles. The highest BCUT2D eigenvalue weighted by molar-refractivity contribution is 5.75. The van der Waals surface area contributed by atoms with Crippen molar-refractivity contribution < 1.29 is 13.6 Å². The van der Waals surface area contributed by atoms with Gasteiger partial charge in [0.1, 0.15) is 12.1 Å². The zero-order valence-electron chi connectivity index (χ0n) is 19.7. The Bertz CT molecular complexity index is 987. The molecule has 33 heavy (non-hydrogen) atoms. The molecular formula is C25H33F2N5O. The zero-order valence-corrected chi connectivity index (χ0v) is 19.7. The second kappa shape index (κ2) is 9.81. The smallest absolute Gasteiger partial charge is 0.222 e. The van der Waals surface area contributed by atoms with Gasteiger partial charge in [-0.2, -0.15) is 4.39 Å². The minimum Gasteiger partial charge on any atom is -0.367 e. The predicted octanol–water partition coefficient (Wildman–Crippen LogP) is 3.54. The number of carbonyl (C=O) groups is 1. The van der Waals surface area contributed by atoms with Crippen molar-refractivity contribution >= 4 is 12.0 Å². The molecular weight excluding hydrogens is 424 g/mol. The first-order valence-corrected chi connectivity index (χ1v) is 11.7. The maximum atomic E-state index is 14.4. The van der Waals surface area contributed by atoms with Gasteiger partial charge in [0.25, 0.3) is 0 Å². The first-order valence-electron chi connectivity index (χ1n) is 11.7. The summed E-state index contributed by atoms with van der Waals surface area (Å²) < 4.78 is 28.5. The Morgan fingerprint density at radius 1 is 1.09 bits per heavy atom. The summed E-state index contributed by atoms with van der Waals surface area (Å²) in [7, 11) is 2.20. The van der Waals surface area contributed by atoms with Crippen molar-refractivity contribution in [2.45, 2.75) is 39.2 Å². The molecule has 4 heterocycles. The third-order valence-corrected chi connectivity index (χ3v) is 7.12. The van der Waals surface area contributed by atoms with Crippen LogP contribution in [0, 0.1) is 24.1 Å². The van der Waals surface area contributed by atoms with Crippen LogP contribution < -0.4 is 4.90 Å². The first-order chi connectivity index (χ1) is 15.8. The average Bonchev–Trinajstić information content (AvgIpc) is 3.21. The number of aryl methyl sites for hydroxylation is 1. The van der Waals surface area contributed by atoms with Crippen LogP contribution in [0.1, 0.15) is 31.7 Å². The van der Waals surface area contributed by atoms with Gasteiger partial charge in [-0.25, -0.2) is 9.37 Å². The van der Waals surface area contributed by atoms with Gasteiger partial charge in [0.2, 0.25) is 5.95 Å². The van der Waals surface area contributed by atoms with E-state index in [2.05, 4.69) is 31.7 Å². The molecule has 8 heteroatoms. The van der Waals surface area contributed by atoms with Gasteiger partial charge >= 0.3 is 0 Å². The molecule has 178 valence electrons. The number of hydrogen-bond acceptors (Lipinski definition) is 6. The number of halogens is 2. The fraction of sp³-hybridized carbons (Fsp3) is 0.560. The second-order valence-electron chi connectivity index (χ2n) is 9.70. The zero-order chi connectivity index (χ0) is 23.6. The van der Waals surface area contributed by atoms with Crippen molar-refractivity contribution in [3.63, 3.8) is 0 Å². The highest BCUT2D eigenvalue weighted by Gasteiger charge is 2.48. The molecule has 6 nitrogen and oxygen atoms in total. The van der Waals surface area contributed by atoms with Gasteiger partial charge in [0.15, 0.2) is 0 Å². The van der Waals surface area contributed by atoms with Gasteiger partial charge in [0.05, 0.1) is 23.1 Å². The Morgan fingerprint density at radius 2 is 1.79 bits per heavy atom. The summed E-state index contributed by atoms with van der Waals surface area (Å²) in [5.41, 5.74) is 2.86. The van der Waals surface area contributed by atoms with E-state index in [4.69, 9.17) is 4.79 Å². The molecule has 1 spiro atoms. The van der Waals surface area contributed by atoms with E-state index in [9.17, 15) is 8.78 Å². The molecule has 1 atom stereocenters. The lowest BCUT2D eigenvalue weighted by Crippen LogP contribution is -2.54. The van der Waals surface area contributed by atoms with Crippen molar-refractivity contribution in [1.29, 1.82) is 0 Å². The fourth-order valence-electron chi connectivity index (χ4n) is 5.80. The topological polar surface area (TPSA) is 52.6 Å². The van der Waals surface area contributed by atoms with Gasteiger partial charge in [-0.1, -0.05) is 0 Å². The third kappa shape index (κ3) is 5.06. The molecule has 2 aliphatic heterocycles. The largest absolute Gasteiger partial charge is 0.367 e. The summed E-state index contributed by atoms with van der Waals surface area (Å²) >= 11 is 0. The molecule has 0 N–H and O–H groups in total. The maximum Gasteiger partial charge on any atom is 0.222 e. The number of carbonyl (C=O) groups excluding carboxylic acids is 1. The van der Waals surface area contributed by atoms with Crippen LogP contribution in [0.2, 0.25) is 0 Å². The van der Waals surface area contributed by atoms with Crippen LogP contribution in [0.4, 0.5) is 14.5 Å². The van der Waals surface area contributed by atoms with Crippen LogP contribution in [0.5, 0.6) is 0 Å². The molecule has 2 aromatic heterocycles. The Labute approximate surface area is 194 Å². The summed E-state index contributed by atoms with van der Waals surface area (Å²) in [6.45, 7) is 9.26. The Hall–Kier alpha value is -2.45. The number of anilines is 1. The standard InChI is InChI=1S/C23H29F2N5.C2H4O/c1-16-9-19(22(25)27-12-16)21-20(10-17(24)13-26-21)30-7-5-29(6-8-30)18-3-4-23(11-18)14-28(2)15-23;1-2-3/h9-10,12-13,18H,3-8,11,14-15H2,1-2H3;2H,1H3. The van der Waals surface area contributed by atoms with Crippen LogP contribution in [-0.4, -0.2) is 78.4 Å². The Balaban J connectivity index is 0.000000821. The van der Waals surface area contributed by atoms with Gasteiger partial charge in [-0.15, -0.1) is 0 Å². The summed E-state index contributed by atoms with van der Waals surface area (Å²) in [5, 5.41) is 0. The van der Waals surface area contributed by atoms with Crippen molar-refractivity contribution in [3.05, 3.63) is 41.9 Å². The molecule has 0 radical (unpaired) electrons. The Kier molecular flexibility index (Phi) is 7.05. The molecule has 5 rings (SSSR count). The van der Waals surface area contributed by atoms with Crippen LogP contribution >= 0.6 is 0 Å². The van der Waals surface area contributed by atoms with Crippen LogP contribution in [0.3, 0.4) is 0 Å². The molecule has 2 aromatic rings. The lowest BCUT2D eigenvalue weighted by molar-refractivity contribution is -0.106. The number of aldehydes is 1.